The van der Waals surface area contributed by atoms with Crippen molar-refractivity contribution < 1.29 is 4.79 Å². The van der Waals surface area contributed by atoms with Crippen LogP contribution in [0.25, 0.3) is 0 Å². The van der Waals surface area contributed by atoms with Gasteiger partial charge < -0.3 is 10.6 Å². The van der Waals surface area contributed by atoms with Crippen LogP contribution in [0.4, 0.5) is 0 Å². The van der Waals surface area contributed by atoms with Crippen molar-refractivity contribution in [3.05, 3.63) is 0 Å². The Labute approximate surface area is 110 Å². The molecule has 1 aliphatic carbocycles. The number of piperazine rings is 1. The molecule has 104 valence electrons. The number of carbonyl (C=O) groups excluding carboxylic acids is 1. The number of hydrogen-bond donors (Lipinski definition) is 1. The Kier molecular flexibility index (Phi) is 3.45. The smallest absolute Gasteiger partial charge is 0.242 e. The molecule has 0 aromatic heterocycles. The molecule has 0 aromatic carbocycles. The van der Waals surface area contributed by atoms with Gasteiger partial charge in [-0.15, -0.1) is 0 Å². The standard InChI is InChI=1S/C14H27N3O/c1-13(2,3)17-9-7-16(8-10-17)12(18)14(4,15)11-5-6-11/h11H,5-10,15H2,1-4H3. The van der Waals surface area contributed by atoms with Crippen molar-refractivity contribution >= 4 is 5.91 Å². The Balaban J connectivity index is 1.91. The molecule has 2 aliphatic rings. The first-order valence-electron chi connectivity index (χ1n) is 7.06. The maximum Gasteiger partial charge on any atom is 0.242 e. The lowest BCUT2D eigenvalue weighted by Crippen LogP contribution is -2.61. The molecule has 4 heteroatoms. The Morgan fingerprint density at radius 1 is 1.06 bits per heavy atom. The highest BCUT2D eigenvalue weighted by Crippen LogP contribution is 2.39. The molecule has 0 aromatic rings. The molecule has 1 heterocycles. The van der Waals surface area contributed by atoms with Gasteiger partial charge in [-0.05, 0) is 46.5 Å². The average Bonchev–Trinajstić information content (AvgIpc) is 3.11. The zero-order valence-corrected chi connectivity index (χ0v) is 12.2. The maximum atomic E-state index is 12.4. The minimum absolute atomic E-state index is 0.151. The Hall–Kier alpha value is -0.610. The molecule has 4 nitrogen and oxygen atoms in total. The second-order valence-electron chi connectivity index (χ2n) is 7.01. The summed E-state index contributed by atoms with van der Waals surface area (Å²) in [4.78, 5) is 16.8. The highest BCUT2D eigenvalue weighted by Gasteiger charge is 2.46. The normalized spacial score (nSPS) is 25.9. The fourth-order valence-corrected chi connectivity index (χ4v) is 2.78. The van der Waals surface area contributed by atoms with E-state index in [1.807, 2.05) is 11.8 Å². The van der Waals surface area contributed by atoms with Crippen LogP contribution in [0.3, 0.4) is 0 Å². The second-order valence-corrected chi connectivity index (χ2v) is 7.01. The minimum Gasteiger partial charge on any atom is -0.339 e. The zero-order chi connectivity index (χ0) is 13.6. The summed E-state index contributed by atoms with van der Waals surface area (Å²) < 4.78 is 0. The summed E-state index contributed by atoms with van der Waals surface area (Å²) in [5.41, 5.74) is 5.77. The molecular weight excluding hydrogens is 226 g/mol. The van der Waals surface area contributed by atoms with E-state index in [0.717, 1.165) is 39.0 Å². The first-order valence-corrected chi connectivity index (χ1v) is 7.06. The van der Waals surface area contributed by atoms with E-state index in [0.29, 0.717) is 5.92 Å². The molecule has 0 radical (unpaired) electrons. The molecule has 0 bridgehead atoms. The highest BCUT2D eigenvalue weighted by molar-refractivity contribution is 5.86. The van der Waals surface area contributed by atoms with E-state index < -0.39 is 5.54 Å². The Morgan fingerprint density at radius 2 is 1.56 bits per heavy atom. The third-order valence-corrected chi connectivity index (χ3v) is 4.40. The van der Waals surface area contributed by atoms with Gasteiger partial charge in [0.15, 0.2) is 0 Å². The van der Waals surface area contributed by atoms with Gasteiger partial charge in [-0.1, -0.05) is 0 Å². The third kappa shape index (κ3) is 2.69. The van der Waals surface area contributed by atoms with Crippen LogP contribution in [0.2, 0.25) is 0 Å². The van der Waals surface area contributed by atoms with Crippen molar-refractivity contribution in [2.45, 2.75) is 51.6 Å². The van der Waals surface area contributed by atoms with Gasteiger partial charge in [0.05, 0.1) is 5.54 Å². The predicted molar refractivity (Wildman–Crippen MR) is 73.2 cm³/mol. The number of nitrogens with zero attached hydrogens (tertiary/aromatic N) is 2. The fraction of sp³-hybridized carbons (Fsp3) is 0.929. The molecule has 2 fully saturated rings. The average molecular weight is 253 g/mol. The van der Waals surface area contributed by atoms with Crippen LogP contribution in [-0.4, -0.2) is 53.0 Å². The summed E-state index contributed by atoms with van der Waals surface area (Å²) in [5, 5.41) is 0. The molecular formula is C14H27N3O. The number of carbonyl (C=O) groups is 1. The van der Waals surface area contributed by atoms with Crippen LogP contribution in [0.5, 0.6) is 0 Å². The summed E-state index contributed by atoms with van der Waals surface area (Å²) in [6.07, 6.45) is 2.22. The summed E-state index contributed by atoms with van der Waals surface area (Å²) in [6.45, 7) is 12.1. The Morgan fingerprint density at radius 3 is 1.94 bits per heavy atom. The number of rotatable bonds is 2. The summed E-state index contributed by atoms with van der Waals surface area (Å²) in [6, 6.07) is 0. The van der Waals surface area contributed by atoms with Crippen LogP contribution in [-0.2, 0) is 4.79 Å². The topological polar surface area (TPSA) is 49.6 Å². The van der Waals surface area contributed by atoms with Gasteiger partial charge in [0.1, 0.15) is 0 Å². The van der Waals surface area contributed by atoms with E-state index in [1.54, 1.807) is 0 Å². The van der Waals surface area contributed by atoms with E-state index in [1.165, 1.54) is 0 Å². The molecule has 1 aliphatic heterocycles. The van der Waals surface area contributed by atoms with Crippen molar-refractivity contribution in [1.82, 2.24) is 9.80 Å². The van der Waals surface area contributed by atoms with Crippen molar-refractivity contribution in [2.75, 3.05) is 26.2 Å². The van der Waals surface area contributed by atoms with E-state index in [2.05, 4.69) is 25.7 Å². The van der Waals surface area contributed by atoms with Crippen LogP contribution < -0.4 is 5.73 Å². The Bertz CT molecular complexity index is 320. The molecule has 1 amide bonds. The van der Waals surface area contributed by atoms with Crippen LogP contribution in [0.1, 0.15) is 40.5 Å². The quantitative estimate of drug-likeness (QED) is 0.800. The van der Waals surface area contributed by atoms with Gasteiger partial charge in [0.25, 0.3) is 0 Å². The van der Waals surface area contributed by atoms with E-state index in [-0.39, 0.29) is 11.4 Å². The van der Waals surface area contributed by atoms with Crippen molar-refractivity contribution in [1.29, 1.82) is 0 Å². The number of nitrogens with two attached hydrogens (primary N) is 1. The molecule has 2 rings (SSSR count). The minimum atomic E-state index is -0.635. The first-order chi connectivity index (χ1) is 8.23. The van der Waals surface area contributed by atoms with Gasteiger partial charge in [0.2, 0.25) is 5.91 Å². The van der Waals surface area contributed by atoms with E-state index in [9.17, 15) is 4.79 Å². The highest BCUT2D eigenvalue weighted by atomic mass is 16.2. The van der Waals surface area contributed by atoms with Crippen molar-refractivity contribution in [3.8, 4) is 0 Å². The number of amides is 1. The zero-order valence-electron chi connectivity index (χ0n) is 12.2. The molecule has 1 unspecified atom stereocenters. The van der Waals surface area contributed by atoms with E-state index in [4.69, 9.17) is 5.73 Å². The maximum absolute atomic E-state index is 12.4. The van der Waals surface area contributed by atoms with Gasteiger partial charge >= 0.3 is 0 Å². The summed E-state index contributed by atoms with van der Waals surface area (Å²) in [7, 11) is 0. The second kappa shape index (κ2) is 4.49. The van der Waals surface area contributed by atoms with E-state index >= 15 is 0 Å². The van der Waals surface area contributed by atoms with Crippen molar-refractivity contribution in [3.63, 3.8) is 0 Å². The van der Waals surface area contributed by atoms with Gasteiger partial charge in [-0.2, -0.15) is 0 Å². The SMILES string of the molecule is CC(N)(C(=O)N1CCN(C(C)(C)C)CC1)C1CC1. The molecule has 1 saturated heterocycles. The van der Waals surface area contributed by atoms with Gasteiger partial charge in [0, 0.05) is 31.7 Å². The van der Waals surface area contributed by atoms with Crippen LogP contribution >= 0.6 is 0 Å². The van der Waals surface area contributed by atoms with Gasteiger partial charge in [-0.3, -0.25) is 9.69 Å². The van der Waals surface area contributed by atoms with Crippen LogP contribution in [0.15, 0.2) is 0 Å². The lowest BCUT2D eigenvalue weighted by Gasteiger charge is -2.44. The fourth-order valence-electron chi connectivity index (χ4n) is 2.78. The third-order valence-electron chi connectivity index (χ3n) is 4.40. The molecule has 1 saturated carbocycles. The van der Waals surface area contributed by atoms with Crippen molar-refractivity contribution in [2.24, 2.45) is 11.7 Å². The molecule has 18 heavy (non-hydrogen) atoms. The molecule has 2 N–H and O–H groups in total. The largest absolute Gasteiger partial charge is 0.339 e. The lowest BCUT2D eigenvalue weighted by atomic mass is 9.94. The number of hydrogen-bond acceptors (Lipinski definition) is 3. The van der Waals surface area contributed by atoms with Gasteiger partial charge in [-0.25, -0.2) is 0 Å². The van der Waals surface area contributed by atoms with Crippen LogP contribution in [0, 0.1) is 5.92 Å². The monoisotopic (exact) mass is 253 g/mol. The summed E-state index contributed by atoms with van der Waals surface area (Å²) >= 11 is 0. The molecule has 0 spiro atoms. The summed E-state index contributed by atoms with van der Waals surface area (Å²) in [5.74, 6) is 0.559. The predicted octanol–water partition coefficient (Wildman–Crippen LogP) is 1.06. The molecule has 1 atom stereocenters. The lowest BCUT2D eigenvalue weighted by molar-refractivity contribution is -0.139. The first kappa shape index (κ1) is 13.8.